The normalized spacial score (nSPS) is 10.6. The Balaban J connectivity index is 1.70. The first-order chi connectivity index (χ1) is 13.0. The summed E-state index contributed by atoms with van der Waals surface area (Å²) in [6.07, 6.45) is 3.36. The zero-order chi connectivity index (χ0) is 19.4. The maximum absolute atomic E-state index is 12.5. The Bertz CT molecular complexity index is 958. The first-order valence-corrected chi connectivity index (χ1v) is 8.61. The highest BCUT2D eigenvalue weighted by Crippen LogP contribution is 2.19. The van der Waals surface area contributed by atoms with Crippen LogP contribution in [0.3, 0.4) is 0 Å². The average Bonchev–Trinajstić information content (AvgIpc) is 3.21. The summed E-state index contributed by atoms with van der Waals surface area (Å²) >= 11 is 0. The van der Waals surface area contributed by atoms with Crippen LogP contribution in [0.1, 0.15) is 17.0 Å². The number of nitrogens with one attached hydrogen (secondary N) is 2. The number of rotatable bonds is 6. The molecule has 3 rings (SSSR count). The highest BCUT2D eigenvalue weighted by atomic mass is 16.2. The minimum Gasteiger partial charge on any atom is -0.358 e. The van der Waals surface area contributed by atoms with E-state index in [0.717, 1.165) is 22.6 Å². The van der Waals surface area contributed by atoms with Gasteiger partial charge < -0.3 is 10.6 Å². The SMILES string of the molecule is CNC(=O)Cn1cc(NC(=O)Cc2c(C)nn(-c3ccccc3)c2C)cn1. The molecule has 140 valence electrons. The number of hydrogen-bond donors (Lipinski definition) is 2. The molecule has 0 aliphatic rings. The monoisotopic (exact) mass is 366 g/mol. The molecule has 27 heavy (non-hydrogen) atoms. The fraction of sp³-hybridized carbons (Fsp3) is 0.263. The second kappa shape index (κ2) is 7.86. The number of para-hydroxylation sites is 1. The highest BCUT2D eigenvalue weighted by Gasteiger charge is 2.16. The number of nitrogens with zero attached hydrogens (tertiary/aromatic N) is 4. The molecule has 0 aliphatic carbocycles. The van der Waals surface area contributed by atoms with Gasteiger partial charge in [-0.05, 0) is 26.0 Å². The molecule has 8 nitrogen and oxygen atoms in total. The van der Waals surface area contributed by atoms with Crippen molar-refractivity contribution in [1.29, 1.82) is 0 Å². The molecular formula is C19H22N6O2. The van der Waals surface area contributed by atoms with Gasteiger partial charge in [-0.1, -0.05) is 18.2 Å². The Kier molecular flexibility index (Phi) is 5.35. The lowest BCUT2D eigenvalue weighted by atomic mass is 10.1. The van der Waals surface area contributed by atoms with Gasteiger partial charge in [-0.25, -0.2) is 4.68 Å². The van der Waals surface area contributed by atoms with Crippen LogP contribution in [0, 0.1) is 13.8 Å². The molecule has 0 fully saturated rings. The van der Waals surface area contributed by atoms with Crippen molar-refractivity contribution in [3.05, 3.63) is 59.7 Å². The van der Waals surface area contributed by atoms with Gasteiger partial charge >= 0.3 is 0 Å². The highest BCUT2D eigenvalue weighted by molar-refractivity contribution is 5.92. The molecule has 2 N–H and O–H groups in total. The van der Waals surface area contributed by atoms with Gasteiger partial charge in [0.1, 0.15) is 6.54 Å². The number of anilines is 1. The number of aromatic nitrogens is 4. The Morgan fingerprint density at radius 3 is 2.56 bits per heavy atom. The summed E-state index contributed by atoms with van der Waals surface area (Å²) in [6.45, 7) is 3.96. The fourth-order valence-corrected chi connectivity index (χ4v) is 2.86. The Hall–Kier alpha value is -3.42. The standard InChI is InChI=1S/C19H22N6O2/c1-13-17(14(2)25(23-13)16-7-5-4-6-8-16)9-18(26)22-15-10-21-24(11-15)12-19(27)20-3/h4-8,10-11H,9,12H2,1-3H3,(H,20,27)(H,22,26). The van der Waals surface area contributed by atoms with Crippen LogP contribution < -0.4 is 10.6 Å². The second-order valence-electron chi connectivity index (χ2n) is 6.22. The van der Waals surface area contributed by atoms with Crippen LogP contribution >= 0.6 is 0 Å². The first-order valence-electron chi connectivity index (χ1n) is 8.61. The molecule has 0 bridgehead atoms. The second-order valence-corrected chi connectivity index (χ2v) is 6.22. The Morgan fingerprint density at radius 2 is 1.85 bits per heavy atom. The molecule has 1 aromatic carbocycles. The summed E-state index contributed by atoms with van der Waals surface area (Å²) in [4.78, 5) is 23.8. The number of benzene rings is 1. The zero-order valence-electron chi connectivity index (χ0n) is 15.6. The van der Waals surface area contributed by atoms with Crippen LogP contribution in [0.25, 0.3) is 5.69 Å². The van der Waals surface area contributed by atoms with Gasteiger partial charge in [0.2, 0.25) is 11.8 Å². The van der Waals surface area contributed by atoms with Crippen molar-refractivity contribution in [1.82, 2.24) is 24.9 Å². The van der Waals surface area contributed by atoms with Gasteiger partial charge in [0.05, 0.1) is 29.7 Å². The summed E-state index contributed by atoms with van der Waals surface area (Å²) in [5, 5.41) is 14.0. The number of amides is 2. The topological polar surface area (TPSA) is 93.8 Å². The van der Waals surface area contributed by atoms with Crippen molar-refractivity contribution in [2.75, 3.05) is 12.4 Å². The Labute approximate surface area is 157 Å². The van der Waals surface area contributed by atoms with E-state index in [1.165, 1.54) is 10.9 Å². The summed E-state index contributed by atoms with van der Waals surface area (Å²) in [5.41, 5.74) is 4.16. The van der Waals surface area contributed by atoms with E-state index in [1.54, 1.807) is 13.2 Å². The van der Waals surface area contributed by atoms with Gasteiger partial charge in [-0.15, -0.1) is 0 Å². The number of carbonyl (C=O) groups is 2. The van der Waals surface area contributed by atoms with Crippen molar-refractivity contribution >= 4 is 17.5 Å². The molecular weight excluding hydrogens is 344 g/mol. The van der Waals surface area contributed by atoms with Crippen LogP contribution in [-0.2, 0) is 22.6 Å². The molecule has 0 atom stereocenters. The molecule has 0 saturated heterocycles. The maximum Gasteiger partial charge on any atom is 0.241 e. The fourth-order valence-electron chi connectivity index (χ4n) is 2.86. The van der Waals surface area contributed by atoms with Crippen molar-refractivity contribution in [3.63, 3.8) is 0 Å². The maximum atomic E-state index is 12.5. The van der Waals surface area contributed by atoms with E-state index in [1.807, 2.05) is 48.9 Å². The number of carbonyl (C=O) groups excluding carboxylic acids is 2. The summed E-state index contributed by atoms with van der Waals surface area (Å²) in [6, 6.07) is 9.81. The average molecular weight is 366 g/mol. The molecule has 0 unspecified atom stereocenters. The van der Waals surface area contributed by atoms with E-state index in [2.05, 4.69) is 20.8 Å². The first kappa shape index (κ1) is 18.4. The summed E-state index contributed by atoms with van der Waals surface area (Å²) < 4.78 is 3.32. The number of aryl methyl sites for hydroxylation is 1. The minimum absolute atomic E-state index is 0.106. The smallest absolute Gasteiger partial charge is 0.241 e. The third-order valence-electron chi connectivity index (χ3n) is 4.28. The van der Waals surface area contributed by atoms with Crippen molar-refractivity contribution in [2.45, 2.75) is 26.8 Å². The lowest BCUT2D eigenvalue weighted by Gasteiger charge is -2.06. The molecule has 0 spiro atoms. The van der Waals surface area contributed by atoms with E-state index in [4.69, 9.17) is 0 Å². The van der Waals surface area contributed by atoms with Crippen LogP contribution in [0.15, 0.2) is 42.7 Å². The molecule has 2 aromatic heterocycles. The van der Waals surface area contributed by atoms with Gasteiger partial charge in [0.25, 0.3) is 0 Å². The van der Waals surface area contributed by atoms with Crippen LogP contribution in [0.4, 0.5) is 5.69 Å². The third-order valence-corrected chi connectivity index (χ3v) is 4.28. The molecule has 0 radical (unpaired) electrons. The zero-order valence-corrected chi connectivity index (χ0v) is 15.6. The predicted molar refractivity (Wildman–Crippen MR) is 102 cm³/mol. The number of likely N-dealkylation sites (N-methyl/N-ethyl adjacent to an activating group) is 1. The summed E-state index contributed by atoms with van der Waals surface area (Å²) in [7, 11) is 1.56. The summed E-state index contributed by atoms with van der Waals surface area (Å²) in [5.74, 6) is -0.316. The lowest BCUT2D eigenvalue weighted by molar-refractivity contribution is -0.121. The van der Waals surface area contributed by atoms with Crippen molar-refractivity contribution in [3.8, 4) is 5.69 Å². The Morgan fingerprint density at radius 1 is 1.11 bits per heavy atom. The van der Waals surface area contributed by atoms with E-state index in [-0.39, 0.29) is 24.8 Å². The quantitative estimate of drug-likeness (QED) is 0.693. The minimum atomic E-state index is -0.159. The number of hydrogen-bond acceptors (Lipinski definition) is 4. The molecule has 0 aliphatic heterocycles. The van der Waals surface area contributed by atoms with Crippen LogP contribution in [0.5, 0.6) is 0 Å². The van der Waals surface area contributed by atoms with E-state index < -0.39 is 0 Å². The molecule has 0 saturated carbocycles. The lowest BCUT2D eigenvalue weighted by Crippen LogP contribution is -2.23. The van der Waals surface area contributed by atoms with Crippen molar-refractivity contribution in [2.24, 2.45) is 0 Å². The molecule has 2 amide bonds. The molecule has 3 aromatic rings. The van der Waals surface area contributed by atoms with Gasteiger partial charge in [0, 0.05) is 24.5 Å². The van der Waals surface area contributed by atoms with Crippen molar-refractivity contribution < 1.29 is 9.59 Å². The predicted octanol–water partition coefficient (Wildman–Crippen LogP) is 1.61. The molecule has 2 heterocycles. The van der Waals surface area contributed by atoms with E-state index >= 15 is 0 Å². The van der Waals surface area contributed by atoms with Crippen LogP contribution in [0.2, 0.25) is 0 Å². The van der Waals surface area contributed by atoms with Gasteiger partial charge in [0.15, 0.2) is 0 Å². The van der Waals surface area contributed by atoms with E-state index in [9.17, 15) is 9.59 Å². The van der Waals surface area contributed by atoms with Crippen LogP contribution in [-0.4, -0.2) is 38.4 Å². The van der Waals surface area contributed by atoms with E-state index in [0.29, 0.717) is 5.69 Å². The van der Waals surface area contributed by atoms with Gasteiger partial charge in [-0.3, -0.25) is 14.3 Å². The van der Waals surface area contributed by atoms with Gasteiger partial charge in [-0.2, -0.15) is 10.2 Å². The third kappa shape index (κ3) is 4.22. The molecule has 8 heteroatoms. The largest absolute Gasteiger partial charge is 0.358 e.